The van der Waals surface area contributed by atoms with Gasteiger partial charge in [-0.25, -0.2) is 0 Å². The summed E-state index contributed by atoms with van der Waals surface area (Å²) in [5.41, 5.74) is 2.60. The largest absolute Gasteiger partial charge is 0.396 e. The lowest BCUT2D eigenvalue weighted by atomic mass is 9.32. The van der Waals surface area contributed by atoms with Crippen molar-refractivity contribution in [1.82, 2.24) is 0 Å². The molecule has 0 aromatic carbocycles. The van der Waals surface area contributed by atoms with E-state index in [0.29, 0.717) is 40.6 Å². The molecule has 0 saturated heterocycles. The minimum absolute atomic E-state index is 0.0290. The number of aliphatic hydroxyl groups is 2. The zero-order chi connectivity index (χ0) is 23.3. The highest BCUT2D eigenvalue weighted by atomic mass is 16.3. The molecule has 5 aliphatic carbocycles. The van der Waals surface area contributed by atoms with Gasteiger partial charge in [0.25, 0.3) is 0 Å². The maximum Gasteiger partial charge on any atom is 0.0594 e. The van der Waals surface area contributed by atoms with Crippen molar-refractivity contribution < 1.29 is 10.2 Å². The molecule has 2 heteroatoms. The Hall–Kier alpha value is -0.340. The zero-order valence-electron chi connectivity index (χ0n) is 21.8. The number of aliphatic hydroxyl groups excluding tert-OH is 2. The van der Waals surface area contributed by atoms with Gasteiger partial charge in [-0.05, 0) is 128 Å². The predicted octanol–water partition coefficient (Wildman–Crippen LogP) is 7.00. The second kappa shape index (κ2) is 7.09. The standard InChI is InChI=1S/C30H50O2/c1-19(2)20-10-15-30(18-31)17-16-28(6)21(25(20)30)8-9-23-27(5)13-12-24(32)26(3,4)22(27)11-14-29(23,28)7/h20-25,31-32H,1,8-18H2,2-7H3/t20-,21+,22-,23-,24+,25-,27-,28+,29+,30+/m0/s1. The van der Waals surface area contributed by atoms with Gasteiger partial charge in [-0.2, -0.15) is 0 Å². The molecule has 0 aliphatic heterocycles. The molecule has 0 amide bonds. The van der Waals surface area contributed by atoms with Crippen LogP contribution in [0.4, 0.5) is 0 Å². The van der Waals surface area contributed by atoms with Gasteiger partial charge in [-0.3, -0.25) is 0 Å². The Morgan fingerprint density at radius 3 is 2.19 bits per heavy atom. The summed E-state index contributed by atoms with van der Waals surface area (Å²) in [6, 6.07) is 0. The van der Waals surface area contributed by atoms with Gasteiger partial charge in [0.15, 0.2) is 0 Å². The maximum atomic E-state index is 10.9. The van der Waals surface area contributed by atoms with Crippen LogP contribution in [-0.4, -0.2) is 22.9 Å². The van der Waals surface area contributed by atoms with Crippen molar-refractivity contribution in [2.75, 3.05) is 6.61 Å². The average molecular weight is 443 g/mol. The van der Waals surface area contributed by atoms with Crippen molar-refractivity contribution in [2.24, 2.45) is 56.7 Å². The quantitative estimate of drug-likeness (QED) is 0.452. The molecule has 0 radical (unpaired) electrons. The summed E-state index contributed by atoms with van der Waals surface area (Å²) in [6.45, 7) is 19.7. The van der Waals surface area contributed by atoms with Crippen molar-refractivity contribution in [3.63, 3.8) is 0 Å². The molecule has 0 bridgehead atoms. The Morgan fingerprint density at radius 2 is 1.53 bits per heavy atom. The van der Waals surface area contributed by atoms with Crippen molar-refractivity contribution >= 4 is 0 Å². The van der Waals surface area contributed by atoms with Crippen LogP contribution >= 0.6 is 0 Å². The summed E-state index contributed by atoms with van der Waals surface area (Å²) >= 11 is 0. The molecule has 5 fully saturated rings. The molecule has 5 aliphatic rings. The number of hydrogen-bond acceptors (Lipinski definition) is 2. The first kappa shape index (κ1) is 23.4. The fraction of sp³-hybridized carbons (Fsp3) is 0.933. The van der Waals surface area contributed by atoms with Crippen LogP contribution in [0.15, 0.2) is 12.2 Å². The van der Waals surface area contributed by atoms with Gasteiger partial charge in [0.05, 0.1) is 6.10 Å². The highest BCUT2D eigenvalue weighted by Gasteiger charge is 2.70. The maximum absolute atomic E-state index is 10.9. The first-order chi connectivity index (χ1) is 14.9. The van der Waals surface area contributed by atoms with Gasteiger partial charge in [0, 0.05) is 6.61 Å². The van der Waals surface area contributed by atoms with Crippen molar-refractivity contribution in [2.45, 2.75) is 112 Å². The minimum atomic E-state index is -0.147. The van der Waals surface area contributed by atoms with Gasteiger partial charge < -0.3 is 10.2 Å². The van der Waals surface area contributed by atoms with E-state index in [2.05, 4.69) is 48.1 Å². The number of allylic oxidation sites excluding steroid dienone is 1. The summed E-state index contributed by atoms with van der Waals surface area (Å²) in [4.78, 5) is 0. The van der Waals surface area contributed by atoms with Gasteiger partial charge in [-0.1, -0.05) is 46.8 Å². The molecule has 5 rings (SSSR count). The molecule has 32 heavy (non-hydrogen) atoms. The van der Waals surface area contributed by atoms with Crippen LogP contribution in [0, 0.1) is 56.7 Å². The van der Waals surface area contributed by atoms with Crippen LogP contribution in [0.25, 0.3) is 0 Å². The average Bonchev–Trinajstić information content (AvgIpc) is 3.12. The monoisotopic (exact) mass is 442 g/mol. The first-order valence-electron chi connectivity index (χ1n) is 13.8. The molecule has 5 saturated carbocycles. The Bertz CT molecular complexity index is 786. The number of hydrogen-bond donors (Lipinski definition) is 2. The molecule has 10 atom stereocenters. The van der Waals surface area contributed by atoms with Crippen LogP contribution < -0.4 is 0 Å². The van der Waals surface area contributed by atoms with Gasteiger partial charge in [0.1, 0.15) is 0 Å². The third-order valence-electron chi connectivity index (χ3n) is 13.5. The van der Waals surface area contributed by atoms with Crippen LogP contribution in [-0.2, 0) is 0 Å². The molecule has 0 heterocycles. The van der Waals surface area contributed by atoms with E-state index >= 15 is 0 Å². The Labute approximate surface area is 197 Å². The molecule has 0 aromatic rings. The Morgan fingerprint density at radius 1 is 0.812 bits per heavy atom. The number of rotatable bonds is 2. The predicted molar refractivity (Wildman–Crippen MR) is 132 cm³/mol. The topological polar surface area (TPSA) is 40.5 Å². The third kappa shape index (κ3) is 2.66. The second-order valence-electron chi connectivity index (χ2n) is 14.6. The SMILES string of the molecule is C=C(C)[C@@H]1CC[C@]2(CO)CC[C@]3(C)[C@H](CC[C@H]4[C@@]5(C)CC[C@@H](O)C(C)(C)[C@@H]5CC[C@]43C)[C@H]12. The number of fused-ring (bicyclic) bond motifs is 7. The van der Waals surface area contributed by atoms with Crippen molar-refractivity contribution in [3.8, 4) is 0 Å². The third-order valence-corrected chi connectivity index (χ3v) is 13.5. The highest BCUT2D eigenvalue weighted by molar-refractivity contribution is 5.21. The summed E-state index contributed by atoms with van der Waals surface area (Å²) in [6.07, 6.45) is 12.2. The summed E-state index contributed by atoms with van der Waals surface area (Å²) in [7, 11) is 0. The molecule has 182 valence electrons. The van der Waals surface area contributed by atoms with Gasteiger partial charge in [0.2, 0.25) is 0 Å². The zero-order valence-corrected chi connectivity index (χ0v) is 21.8. The molecular weight excluding hydrogens is 392 g/mol. The summed E-state index contributed by atoms with van der Waals surface area (Å²) in [5.74, 6) is 3.33. The van der Waals surface area contributed by atoms with Gasteiger partial charge in [-0.15, -0.1) is 0 Å². The molecular formula is C30H50O2. The summed E-state index contributed by atoms with van der Waals surface area (Å²) in [5, 5.41) is 21.5. The van der Waals surface area contributed by atoms with Crippen molar-refractivity contribution in [3.05, 3.63) is 12.2 Å². The normalized spacial score (nSPS) is 56.5. The molecule has 2 nitrogen and oxygen atoms in total. The van der Waals surface area contributed by atoms with Crippen LogP contribution in [0.5, 0.6) is 0 Å². The lowest BCUT2D eigenvalue weighted by Gasteiger charge is -2.73. The van der Waals surface area contributed by atoms with Crippen LogP contribution in [0.1, 0.15) is 106 Å². The van der Waals surface area contributed by atoms with E-state index in [0.717, 1.165) is 18.3 Å². The fourth-order valence-corrected chi connectivity index (χ4v) is 11.5. The lowest BCUT2D eigenvalue weighted by molar-refractivity contribution is -0.249. The van der Waals surface area contributed by atoms with Gasteiger partial charge >= 0.3 is 0 Å². The smallest absolute Gasteiger partial charge is 0.0594 e. The van der Waals surface area contributed by atoms with E-state index in [1.165, 1.54) is 63.4 Å². The highest BCUT2D eigenvalue weighted by Crippen LogP contribution is 2.77. The molecule has 0 spiro atoms. The molecule has 0 aromatic heterocycles. The van der Waals surface area contributed by atoms with E-state index in [9.17, 15) is 10.2 Å². The molecule has 0 unspecified atom stereocenters. The fourth-order valence-electron chi connectivity index (χ4n) is 11.5. The minimum Gasteiger partial charge on any atom is -0.396 e. The van der Waals surface area contributed by atoms with E-state index < -0.39 is 0 Å². The molecule has 2 N–H and O–H groups in total. The van der Waals surface area contributed by atoms with Crippen molar-refractivity contribution in [1.29, 1.82) is 0 Å². The van der Waals surface area contributed by atoms with E-state index in [1.54, 1.807) is 0 Å². The van der Waals surface area contributed by atoms with E-state index in [-0.39, 0.29) is 16.9 Å². The van der Waals surface area contributed by atoms with Crippen LogP contribution in [0.3, 0.4) is 0 Å². The Kier molecular flexibility index (Phi) is 5.19. The van der Waals surface area contributed by atoms with E-state index in [4.69, 9.17) is 0 Å². The first-order valence-corrected chi connectivity index (χ1v) is 13.8. The Balaban J connectivity index is 1.55. The van der Waals surface area contributed by atoms with E-state index in [1.807, 2.05) is 0 Å². The second-order valence-corrected chi connectivity index (χ2v) is 14.6. The summed E-state index contributed by atoms with van der Waals surface area (Å²) < 4.78 is 0. The van der Waals surface area contributed by atoms with Crippen LogP contribution in [0.2, 0.25) is 0 Å². The lowest BCUT2D eigenvalue weighted by Crippen LogP contribution is -2.66.